The lowest BCUT2D eigenvalue weighted by atomic mass is 10.1. The van der Waals surface area contributed by atoms with E-state index in [0.29, 0.717) is 5.76 Å². The first-order chi connectivity index (χ1) is 12.5. The Bertz CT molecular complexity index is 1060. The molecule has 2 aromatic heterocycles. The Morgan fingerprint density at radius 3 is 2.50 bits per heavy atom. The van der Waals surface area contributed by atoms with Crippen molar-refractivity contribution in [2.45, 2.75) is 20.0 Å². The first-order valence-corrected chi connectivity index (χ1v) is 8.50. The molecule has 4 aromatic rings. The molecule has 0 saturated carbocycles. The maximum absolute atomic E-state index is 13.2. The van der Waals surface area contributed by atoms with E-state index >= 15 is 0 Å². The second-order valence-corrected chi connectivity index (χ2v) is 6.51. The van der Waals surface area contributed by atoms with Gasteiger partial charge in [0.15, 0.2) is 0 Å². The number of benzene rings is 2. The van der Waals surface area contributed by atoms with E-state index in [2.05, 4.69) is 5.10 Å². The molecule has 0 radical (unpaired) electrons. The van der Waals surface area contributed by atoms with Gasteiger partial charge in [-0.2, -0.15) is 5.10 Å². The summed E-state index contributed by atoms with van der Waals surface area (Å²) in [5.41, 5.74) is 3.45. The van der Waals surface area contributed by atoms with Gasteiger partial charge in [0, 0.05) is 29.8 Å². The molecule has 4 nitrogen and oxygen atoms in total. The molecule has 0 aliphatic heterocycles. The number of halogens is 1. The van der Waals surface area contributed by atoms with Crippen LogP contribution in [0.1, 0.15) is 13.8 Å². The largest absolute Gasteiger partial charge is 0.490 e. The third-order valence-electron chi connectivity index (χ3n) is 4.21. The van der Waals surface area contributed by atoms with Crippen LogP contribution in [0, 0.1) is 5.82 Å². The van der Waals surface area contributed by atoms with Crippen molar-refractivity contribution in [2.75, 3.05) is 0 Å². The van der Waals surface area contributed by atoms with Crippen molar-refractivity contribution >= 4 is 11.0 Å². The van der Waals surface area contributed by atoms with E-state index < -0.39 is 0 Å². The monoisotopic (exact) mass is 350 g/mol. The van der Waals surface area contributed by atoms with Crippen LogP contribution in [-0.4, -0.2) is 15.9 Å². The minimum atomic E-state index is -0.268. The minimum Gasteiger partial charge on any atom is -0.490 e. The van der Waals surface area contributed by atoms with Crippen molar-refractivity contribution in [3.8, 4) is 28.3 Å². The second-order valence-electron chi connectivity index (χ2n) is 6.51. The van der Waals surface area contributed by atoms with Crippen LogP contribution >= 0.6 is 0 Å². The van der Waals surface area contributed by atoms with Crippen LogP contribution in [0.25, 0.3) is 33.6 Å². The van der Waals surface area contributed by atoms with Crippen LogP contribution in [-0.2, 0) is 7.05 Å². The van der Waals surface area contributed by atoms with Crippen LogP contribution in [0.5, 0.6) is 5.75 Å². The standard InChI is InChI=1S/C21H19FN2O2/c1-13(2)25-21-11-15-10-19(14-4-6-16(22)7-5-14)26-20(15)12-17(21)18-8-9-23-24(18)3/h4-13H,1-3H3. The molecule has 0 bridgehead atoms. The zero-order valence-electron chi connectivity index (χ0n) is 14.9. The van der Waals surface area contributed by atoms with Crippen LogP contribution in [0.3, 0.4) is 0 Å². The SMILES string of the molecule is CC(C)Oc1cc2cc(-c3ccc(F)cc3)oc2cc1-c1ccnn1C. The number of hydrogen-bond donors (Lipinski definition) is 0. The molecule has 0 N–H and O–H groups in total. The van der Waals surface area contributed by atoms with Crippen molar-refractivity contribution in [2.24, 2.45) is 7.05 Å². The van der Waals surface area contributed by atoms with Crippen molar-refractivity contribution in [3.63, 3.8) is 0 Å². The van der Waals surface area contributed by atoms with Gasteiger partial charge in [0.25, 0.3) is 0 Å². The van der Waals surface area contributed by atoms with Gasteiger partial charge in [0.05, 0.1) is 11.8 Å². The van der Waals surface area contributed by atoms with Crippen LogP contribution in [0.15, 0.2) is 59.1 Å². The van der Waals surface area contributed by atoms with E-state index in [0.717, 1.165) is 33.5 Å². The summed E-state index contributed by atoms with van der Waals surface area (Å²) in [6.07, 6.45) is 1.80. The Balaban J connectivity index is 1.87. The van der Waals surface area contributed by atoms with Crippen molar-refractivity contribution in [1.29, 1.82) is 0 Å². The van der Waals surface area contributed by atoms with Gasteiger partial charge >= 0.3 is 0 Å². The fourth-order valence-corrected chi connectivity index (χ4v) is 3.01. The molecule has 0 fully saturated rings. The number of ether oxygens (including phenoxy) is 1. The third kappa shape index (κ3) is 2.96. The number of nitrogens with zero attached hydrogens (tertiary/aromatic N) is 2. The predicted molar refractivity (Wildman–Crippen MR) is 99.6 cm³/mol. The van der Waals surface area contributed by atoms with Crippen LogP contribution in [0.4, 0.5) is 4.39 Å². The maximum atomic E-state index is 13.2. The van der Waals surface area contributed by atoms with Gasteiger partial charge in [-0.05, 0) is 62.4 Å². The van der Waals surface area contributed by atoms with Crippen LogP contribution in [0.2, 0.25) is 0 Å². The molecule has 2 heterocycles. The van der Waals surface area contributed by atoms with Gasteiger partial charge in [-0.15, -0.1) is 0 Å². The smallest absolute Gasteiger partial charge is 0.135 e. The molecule has 132 valence electrons. The summed E-state index contributed by atoms with van der Waals surface area (Å²) >= 11 is 0. The highest BCUT2D eigenvalue weighted by Gasteiger charge is 2.16. The highest BCUT2D eigenvalue weighted by atomic mass is 19.1. The fourth-order valence-electron chi connectivity index (χ4n) is 3.01. The average Bonchev–Trinajstić information content (AvgIpc) is 3.20. The van der Waals surface area contributed by atoms with Crippen molar-refractivity contribution in [1.82, 2.24) is 9.78 Å². The second kappa shape index (κ2) is 6.33. The molecule has 0 spiro atoms. The fraction of sp³-hybridized carbons (Fsp3) is 0.190. The number of rotatable bonds is 4. The molecule has 0 atom stereocenters. The number of furan rings is 1. The molecule has 0 aliphatic rings. The number of hydrogen-bond acceptors (Lipinski definition) is 3. The average molecular weight is 350 g/mol. The Hall–Kier alpha value is -3.08. The molecule has 5 heteroatoms. The summed E-state index contributed by atoms with van der Waals surface area (Å²) in [6, 6.07) is 14.1. The molecule has 2 aromatic carbocycles. The zero-order valence-corrected chi connectivity index (χ0v) is 14.9. The minimum absolute atomic E-state index is 0.0443. The molecular weight excluding hydrogens is 331 g/mol. The first kappa shape index (κ1) is 16.4. The molecule has 0 unspecified atom stereocenters. The Morgan fingerprint density at radius 1 is 1.08 bits per heavy atom. The van der Waals surface area contributed by atoms with Crippen molar-refractivity contribution < 1.29 is 13.5 Å². The van der Waals surface area contributed by atoms with Gasteiger partial charge in [-0.1, -0.05) is 0 Å². The molecular formula is C21H19FN2O2. The van der Waals surface area contributed by atoms with Gasteiger partial charge < -0.3 is 9.15 Å². The van der Waals surface area contributed by atoms with Crippen molar-refractivity contribution in [3.05, 3.63) is 60.5 Å². The van der Waals surface area contributed by atoms with Gasteiger partial charge in [0.2, 0.25) is 0 Å². The first-order valence-electron chi connectivity index (χ1n) is 8.50. The maximum Gasteiger partial charge on any atom is 0.135 e. The molecule has 0 amide bonds. The Morgan fingerprint density at radius 2 is 1.85 bits per heavy atom. The molecule has 0 saturated heterocycles. The lowest BCUT2D eigenvalue weighted by molar-refractivity contribution is 0.243. The highest BCUT2D eigenvalue weighted by molar-refractivity contribution is 5.89. The normalized spacial score (nSPS) is 11.4. The third-order valence-corrected chi connectivity index (χ3v) is 4.21. The van der Waals surface area contributed by atoms with E-state index in [-0.39, 0.29) is 11.9 Å². The summed E-state index contributed by atoms with van der Waals surface area (Å²) < 4.78 is 27.0. The van der Waals surface area contributed by atoms with E-state index in [1.54, 1.807) is 23.0 Å². The zero-order chi connectivity index (χ0) is 18.3. The summed E-state index contributed by atoms with van der Waals surface area (Å²) in [7, 11) is 1.89. The van der Waals surface area contributed by atoms with Gasteiger partial charge in [-0.25, -0.2) is 4.39 Å². The van der Waals surface area contributed by atoms with E-state index in [9.17, 15) is 4.39 Å². The number of fused-ring (bicyclic) bond motifs is 1. The topological polar surface area (TPSA) is 40.2 Å². The molecule has 0 aliphatic carbocycles. The van der Waals surface area contributed by atoms with Crippen LogP contribution < -0.4 is 4.74 Å². The Labute approximate surface area is 150 Å². The summed E-state index contributed by atoms with van der Waals surface area (Å²) in [5, 5.41) is 5.19. The highest BCUT2D eigenvalue weighted by Crippen LogP contribution is 2.37. The number of aromatic nitrogens is 2. The summed E-state index contributed by atoms with van der Waals surface area (Å²) in [4.78, 5) is 0. The van der Waals surface area contributed by atoms with Gasteiger partial charge in [-0.3, -0.25) is 4.68 Å². The lowest BCUT2D eigenvalue weighted by Crippen LogP contribution is -2.07. The van der Waals surface area contributed by atoms with E-state index in [1.807, 2.05) is 45.2 Å². The molecule has 26 heavy (non-hydrogen) atoms. The Kier molecular flexibility index (Phi) is 3.99. The lowest BCUT2D eigenvalue weighted by Gasteiger charge is -2.14. The predicted octanol–water partition coefficient (Wildman–Crippen LogP) is 5.43. The van der Waals surface area contributed by atoms with E-state index in [1.165, 1.54) is 12.1 Å². The quantitative estimate of drug-likeness (QED) is 0.493. The summed E-state index contributed by atoms with van der Waals surface area (Å²) in [5.74, 6) is 1.20. The van der Waals surface area contributed by atoms with Gasteiger partial charge in [0.1, 0.15) is 22.9 Å². The molecule has 4 rings (SSSR count). The van der Waals surface area contributed by atoms with E-state index in [4.69, 9.17) is 9.15 Å². The summed E-state index contributed by atoms with van der Waals surface area (Å²) in [6.45, 7) is 3.99. The number of aryl methyl sites for hydroxylation is 1.